The molecule has 4 heterocycles. The van der Waals surface area contributed by atoms with Gasteiger partial charge in [0.15, 0.2) is 11.6 Å². The van der Waals surface area contributed by atoms with Gasteiger partial charge in [-0.1, -0.05) is 13.8 Å². The second-order valence-corrected chi connectivity index (χ2v) is 10.6. The molecule has 0 aromatic carbocycles. The molecule has 2 atom stereocenters. The minimum Gasteiger partial charge on any atom is -0.370 e. The van der Waals surface area contributed by atoms with E-state index in [1.165, 1.54) is 4.90 Å². The predicted octanol–water partition coefficient (Wildman–Crippen LogP) is 2.55. The fourth-order valence-electron chi connectivity index (χ4n) is 6.06. The van der Waals surface area contributed by atoms with E-state index in [0.29, 0.717) is 44.9 Å². The number of Topliss-reactive ketones (excluding diaryl/α,β-unsaturated/α-hetero) is 1. The summed E-state index contributed by atoms with van der Waals surface area (Å²) in [6, 6.07) is 0. The highest BCUT2D eigenvalue weighted by atomic mass is 19.3. The Hall–Kier alpha value is -2.16. The molecule has 6 aliphatic rings. The first-order valence-electron chi connectivity index (χ1n) is 10.5. The van der Waals surface area contributed by atoms with Crippen LogP contribution in [-0.2, 0) is 14.3 Å². The molecule has 9 heteroatoms. The Balaban J connectivity index is 1.30. The molecule has 0 aromatic rings. The maximum absolute atomic E-state index is 13.3. The van der Waals surface area contributed by atoms with Crippen LogP contribution < -0.4 is 5.32 Å². The van der Waals surface area contributed by atoms with Crippen LogP contribution in [0.5, 0.6) is 0 Å². The molecule has 6 rings (SSSR count). The number of amides is 1. The van der Waals surface area contributed by atoms with E-state index in [9.17, 15) is 18.4 Å². The van der Waals surface area contributed by atoms with E-state index in [2.05, 4.69) is 29.4 Å². The number of alkyl halides is 2. The van der Waals surface area contributed by atoms with Crippen molar-refractivity contribution in [3.05, 3.63) is 22.7 Å². The van der Waals surface area contributed by atoms with Gasteiger partial charge < -0.3 is 15.0 Å². The molecule has 160 valence electrons. The highest BCUT2D eigenvalue weighted by molar-refractivity contribution is 6.00. The van der Waals surface area contributed by atoms with Gasteiger partial charge in [0.05, 0.1) is 31.7 Å². The summed E-state index contributed by atoms with van der Waals surface area (Å²) >= 11 is 0. The number of halogens is 2. The van der Waals surface area contributed by atoms with Crippen LogP contribution in [0.25, 0.3) is 0 Å². The third kappa shape index (κ3) is 2.38. The Morgan fingerprint density at radius 1 is 1.27 bits per heavy atom. The smallest absolute Gasteiger partial charge is 0.260 e. The summed E-state index contributed by atoms with van der Waals surface area (Å²) in [5.74, 6) is -3.69. The zero-order chi connectivity index (χ0) is 21.1. The van der Waals surface area contributed by atoms with E-state index >= 15 is 0 Å². The van der Waals surface area contributed by atoms with Gasteiger partial charge in [-0.25, -0.2) is 8.78 Å². The summed E-state index contributed by atoms with van der Waals surface area (Å²) in [6.07, 6.45) is 1.42. The molecular formula is C21H24F2N4O3. The number of hydrogen-bond acceptors (Lipinski definition) is 6. The molecule has 4 aliphatic heterocycles. The van der Waals surface area contributed by atoms with Gasteiger partial charge >= 0.3 is 0 Å². The Morgan fingerprint density at radius 2 is 2.00 bits per heavy atom. The third-order valence-corrected chi connectivity index (χ3v) is 7.53. The standard InChI is InChI=1S/C21H24F2N4O3/c1-18(2)4-13-15(14(28)5-18)20(12-6-24-26-16(12)25-13)7-19(30-10-20)8-27(9-19)17(29)11-3-21(11,22)23/h11,25H,3-10H2,1-2H3/t11-,20+/m1/s1. The van der Waals surface area contributed by atoms with E-state index in [4.69, 9.17) is 4.74 Å². The van der Waals surface area contributed by atoms with Gasteiger partial charge in [0.1, 0.15) is 11.5 Å². The van der Waals surface area contributed by atoms with Crippen LogP contribution in [0.15, 0.2) is 32.9 Å². The average Bonchev–Trinajstić information content (AvgIpc) is 2.98. The average molecular weight is 418 g/mol. The van der Waals surface area contributed by atoms with Crippen molar-refractivity contribution < 1.29 is 23.1 Å². The number of hydrogen-bond donors (Lipinski definition) is 1. The minimum atomic E-state index is -2.86. The number of fused-ring (bicyclic) bond motifs is 2. The van der Waals surface area contributed by atoms with Crippen molar-refractivity contribution in [1.29, 1.82) is 0 Å². The Kier molecular flexibility index (Phi) is 3.32. The van der Waals surface area contributed by atoms with Crippen LogP contribution in [0.2, 0.25) is 0 Å². The van der Waals surface area contributed by atoms with Crippen LogP contribution in [0.1, 0.15) is 39.5 Å². The molecule has 7 nitrogen and oxygen atoms in total. The first-order valence-corrected chi connectivity index (χ1v) is 10.5. The zero-order valence-corrected chi connectivity index (χ0v) is 17.1. The number of ketones is 1. The number of azo groups is 1. The lowest BCUT2D eigenvalue weighted by molar-refractivity contribution is -0.161. The fraction of sp³-hybridized carbons (Fsp3) is 0.714. The van der Waals surface area contributed by atoms with Gasteiger partial charge in [-0.05, 0) is 18.3 Å². The summed E-state index contributed by atoms with van der Waals surface area (Å²) < 4.78 is 32.9. The molecule has 0 aromatic heterocycles. The van der Waals surface area contributed by atoms with Gasteiger partial charge in [0, 0.05) is 29.7 Å². The number of rotatable bonds is 1. The molecule has 3 fully saturated rings. The van der Waals surface area contributed by atoms with Gasteiger partial charge in [-0.3, -0.25) is 9.59 Å². The largest absolute Gasteiger partial charge is 0.370 e. The summed E-state index contributed by atoms with van der Waals surface area (Å²) in [7, 11) is 0. The maximum Gasteiger partial charge on any atom is 0.260 e. The molecule has 2 spiro atoms. The van der Waals surface area contributed by atoms with E-state index in [0.717, 1.165) is 23.3 Å². The van der Waals surface area contributed by atoms with E-state index < -0.39 is 28.8 Å². The summed E-state index contributed by atoms with van der Waals surface area (Å²) in [6.45, 7) is 5.52. The van der Waals surface area contributed by atoms with Crippen molar-refractivity contribution in [1.82, 2.24) is 10.2 Å². The number of carbonyl (C=O) groups excluding carboxylic acids is 2. The van der Waals surface area contributed by atoms with E-state index in [1.807, 2.05) is 0 Å². The Labute approximate surface area is 172 Å². The second-order valence-electron chi connectivity index (χ2n) is 10.6. The third-order valence-electron chi connectivity index (χ3n) is 7.53. The minimum absolute atomic E-state index is 0.123. The topological polar surface area (TPSA) is 83.4 Å². The van der Waals surface area contributed by atoms with Crippen LogP contribution in [0.4, 0.5) is 8.78 Å². The molecule has 0 bridgehead atoms. The lowest BCUT2D eigenvalue weighted by Gasteiger charge is -2.49. The van der Waals surface area contributed by atoms with Crippen molar-refractivity contribution in [3.63, 3.8) is 0 Å². The first-order chi connectivity index (χ1) is 14.0. The van der Waals surface area contributed by atoms with E-state index in [-0.39, 0.29) is 17.6 Å². The molecule has 1 saturated carbocycles. The van der Waals surface area contributed by atoms with E-state index in [1.54, 1.807) is 0 Å². The van der Waals surface area contributed by atoms with Crippen LogP contribution in [0.3, 0.4) is 0 Å². The number of carbonyl (C=O) groups is 2. The van der Waals surface area contributed by atoms with Crippen molar-refractivity contribution in [3.8, 4) is 0 Å². The molecule has 2 saturated heterocycles. The second kappa shape index (κ2) is 5.36. The maximum atomic E-state index is 13.3. The number of allylic oxidation sites excluding steroid dienone is 1. The molecule has 1 amide bonds. The van der Waals surface area contributed by atoms with Crippen LogP contribution >= 0.6 is 0 Å². The number of ether oxygens (including phenoxy) is 1. The number of nitrogens with one attached hydrogen (secondary N) is 1. The summed E-state index contributed by atoms with van der Waals surface area (Å²) in [4.78, 5) is 27.1. The molecule has 2 aliphatic carbocycles. The van der Waals surface area contributed by atoms with Crippen molar-refractivity contribution in [2.24, 2.45) is 27.0 Å². The fourth-order valence-corrected chi connectivity index (χ4v) is 6.06. The number of nitrogens with zero attached hydrogens (tertiary/aromatic N) is 3. The molecule has 1 N–H and O–H groups in total. The monoisotopic (exact) mass is 418 g/mol. The van der Waals surface area contributed by atoms with Gasteiger partial charge in [0.25, 0.3) is 5.92 Å². The first kappa shape index (κ1) is 18.6. The lowest BCUT2D eigenvalue weighted by atomic mass is 9.61. The number of likely N-dealkylation sites (tertiary alicyclic amines) is 1. The molecule has 0 unspecified atom stereocenters. The highest BCUT2D eigenvalue weighted by Crippen LogP contribution is 2.59. The molecular weight excluding hydrogens is 394 g/mol. The van der Waals surface area contributed by atoms with Crippen LogP contribution in [-0.4, -0.2) is 54.4 Å². The predicted molar refractivity (Wildman–Crippen MR) is 100 cm³/mol. The van der Waals surface area contributed by atoms with Gasteiger partial charge in [-0.15, -0.1) is 5.11 Å². The zero-order valence-electron chi connectivity index (χ0n) is 17.1. The Morgan fingerprint density at radius 3 is 2.70 bits per heavy atom. The van der Waals surface area contributed by atoms with Crippen molar-refractivity contribution >= 4 is 11.7 Å². The molecule has 30 heavy (non-hydrogen) atoms. The van der Waals surface area contributed by atoms with Crippen molar-refractivity contribution in [2.45, 2.75) is 51.1 Å². The summed E-state index contributed by atoms with van der Waals surface area (Å²) in [5, 5.41) is 11.8. The Bertz CT molecular complexity index is 992. The van der Waals surface area contributed by atoms with Gasteiger partial charge in [-0.2, -0.15) is 5.11 Å². The molecule has 0 radical (unpaired) electrons. The highest BCUT2D eigenvalue weighted by Gasteiger charge is 2.67. The SMILES string of the molecule is CC1(C)CC(=O)C2=C(C1)NC1=C(CN=N1)[C@]21COC2(CN(C(=O)[C@H]3CC3(F)F)C2)C1. The van der Waals surface area contributed by atoms with Crippen molar-refractivity contribution in [2.75, 3.05) is 26.2 Å². The quantitative estimate of drug-likeness (QED) is 0.710. The number of dihydropyridines is 1. The lowest BCUT2D eigenvalue weighted by Crippen LogP contribution is -2.64. The van der Waals surface area contributed by atoms with Crippen LogP contribution in [0, 0.1) is 16.7 Å². The summed E-state index contributed by atoms with van der Waals surface area (Å²) in [5.41, 5.74) is 1.34. The van der Waals surface area contributed by atoms with Gasteiger partial charge in [0.2, 0.25) is 5.91 Å². The normalized spacial score (nSPS) is 36.7.